The Kier molecular flexibility index (Phi) is 4.99. The lowest BCUT2D eigenvalue weighted by molar-refractivity contribution is -0.270. The van der Waals surface area contributed by atoms with Crippen LogP contribution in [0, 0.1) is 0 Å². The van der Waals surface area contributed by atoms with E-state index in [-0.39, 0.29) is 6.10 Å². The molecule has 1 aromatic rings. The topological polar surface area (TPSA) is 35.5 Å². The number of rotatable bonds is 5. The first-order chi connectivity index (χ1) is 7.67. The molecular weight excluding hydrogens is 204 g/mol. The summed E-state index contributed by atoms with van der Waals surface area (Å²) in [6.45, 7) is 5.89. The van der Waals surface area contributed by atoms with E-state index in [2.05, 4.69) is 6.92 Å². The second kappa shape index (κ2) is 6.28. The summed E-state index contributed by atoms with van der Waals surface area (Å²) in [5.41, 5.74) is 1.71. The summed E-state index contributed by atoms with van der Waals surface area (Å²) in [7, 11) is 0. The Hall–Kier alpha value is -1.35. The van der Waals surface area contributed by atoms with E-state index in [1.54, 1.807) is 12.1 Å². The van der Waals surface area contributed by atoms with Crippen LogP contribution in [0.3, 0.4) is 0 Å². The van der Waals surface area contributed by atoms with E-state index in [1.807, 2.05) is 26.0 Å². The monoisotopic (exact) mass is 222 g/mol. The Bertz CT molecular complexity index is 330. The molecule has 1 atom stereocenters. The molecule has 0 bridgehead atoms. The molecule has 16 heavy (non-hydrogen) atoms. The highest BCUT2D eigenvalue weighted by Crippen LogP contribution is 2.07. The van der Waals surface area contributed by atoms with E-state index in [1.165, 1.54) is 5.56 Å². The van der Waals surface area contributed by atoms with E-state index >= 15 is 0 Å². The van der Waals surface area contributed by atoms with Gasteiger partial charge in [-0.15, -0.1) is 0 Å². The lowest BCUT2D eigenvalue weighted by Crippen LogP contribution is -2.12. The highest BCUT2D eigenvalue weighted by atomic mass is 17.2. The third-order valence-corrected chi connectivity index (χ3v) is 2.46. The average molecular weight is 222 g/mol. The Labute approximate surface area is 96.3 Å². The van der Waals surface area contributed by atoms with Gasteiger partial charge in [0.2, 0.25) is 0 Å². The standard InChI is InChI=1S/C13H18O3/c1-4-10(3)15-16-13(14)12-8-6-11(5-2)7-9-12/h6-10H,4-5H2,1-3H3. The maximum absolute atomic E-state index is 11.5. The van der Waals surface area contributed by atoms with Crippen LogP contribution in [0.15, 0.2) is 24.3 Å². The molecule has 0 N–H and O–H groups in total. The zero-order valence-corrected chi connectivity index (χ0v) is 10.0. The lowest BCUT2D eigenvalue weighted by Gasteiger charge is -2.08. The van der Waals surface area contributed by atoms with E-state index < -0.39 is 5.97 Å². The van der Waals surface area contributed by atoms with Gasteiger partial charge in [0, 0.05) is 0 Å². The van der Waals surface area contributed by atoms with Gasteiger partial charge in [-0.05, 0) is 37.5 Å². The van der Waals surface area contributed by atoms with Crippen molar-refractivity contribution >= 4 is 5.97 Å². The average Bonchev–Trinajstić information content (AvgIpc) is 2.35. The second-order valence-electron chi connectivity index (χ2n) is 3.74. The summed E-state index contributed by atoms with van der Waals surface area (Å²) in [5, 5.41) is 0. The highest BCUT2D eigenvalue weighted by molar-refractivity contribution is 5.88. The first-order valence-corrected chi connectivity index (χ1v) is 5.64. The molecule has 0 saturated heterocycles. The van der Waals surface area contributed by atoms with Crippen molar-refractivity contribution in [2.24, 2.45) is 0 Å². The van der Waals surface area contributed by atoms with Crippen LogP contribution in [-0.2, 0) is 16.2 Å². The van der Waals surface area contributed by atoms with Crippen molar-refractivity contribution in [1.82, 2.24) is 0 Å². The second-order valence-corrected chi connectivity index (χ2v) is 3.74. The lowest BCUT2D eigenvalue weighted by atomic mass is 10.1. The van der Waals surface area contributed by atoms with Crippen LogP contribution in [0.1, 0.15) is 43.1 Å². The Morgan fingerprint density at radius 1 is 1.25 bits per heavy atom. The Balaban J connectivity index is 2.52. The fraction of sp³-hybridized carbons (Fsp3) is 0.462. The van der Waals surface area contributed by atoms with Crippen molar-refractivity contribution in [1.29, 1.82) is 0 Å². The molecule has 88 valence electrons. The first-order valence-electron chi connectivity index (χ1n) is 5.64. The van der Waals surface area contributed by atoms with Crippen molar-refractivity contribution in [3.63, 3.8) is 0 Å². The van der Waals surface area contributed by atoms with Gasteiger partial charge >= 0.3 is 5.97 Å². The molecule has 0 aliphatic carbocycles. The predicted octanol–water partition coefficient (Wildman–Crippen LogP) is 3.14. The minimum atomic E-state index is -0.442. The van der Waals surface area contributed by atoms with Gasteiger partial charge in [-0.25, -0.2) is 4.79 Å². The van der Waals surface area contributed by atoms with Crippen LogP contribution < -0.4 is 0 Å². The Morgan fingerprint density at radius 3 is 2.38 bits per heavy atom. The summed E-state index contributed by atoms with van der Waals surface area (Å²) in [4.78, 5) is 21.1. The molecule has 1 rings (SSSR count). The fourth-order valence-corrected chi connectivity index (χ4v) is 1.12. The molecule has 0 aromatic heterocycles. The maximum Gasteiger partial charge on any atom is 0.373 e. The fourth-order valence-electron chi connectivity index (χ4n) is 1.12. The number of hydrogen-bond donors (Lipinski definition) is 0. The normalized spacial score (nSPS) is 12.2. The van der Waals surface area contributed by atoms with Crippen molar-refractivity contribution in [2.45, 2.75) is 39.7 Å². The Morgan fingerprint density at radius 2 is 1.88 bits per heavy atom. The van der Waals surface area contributed by atoms with Crippen molar-refractivity contribution in [2.75, 3.05) is 0 Å². The summed E-state index contributed by atoms with van der Waals surface area (Å²) in [6, 6.07) is 7.34. The van der Waals surface area contributed by atoms with E-state index in [0.717, 1.165) is 12.8 Å². The van der Waals surface area contributed by atoms with Gasteiger partial charge in [-0.1, -0.05) is 26.0 Å². The van der Waals surface area contributed by atoms with E-state index in [0.29, 0.717) is 5.56 Å². The predicted molar refractivity (Wildman–Crippen MR) is 62.1 cm³/mol. The molecule has 1 aromatic carbocycles. The smallest absolute Gasteiger partial charge is 0.293 e. The third-order valence-electron chi connectivity index (χ3n) is 2.46. The van der Waals surface area contributed by atoms with E-state index in [9.17, 15) is 4.79 Å². The van der Waals surface area contributed by atoms with Gasteiger partial charge in [0.25, 0.3) is 0 Å². The molecule has 0 spiro atoms. The molecule has 0 aliphatic rings. The molecule has 3 heteroatoms. The molecule has 1 unspecified atom stereocenters. The third kappa shape index (κ3) is 3.66. The molecule has 0 amide bonds. The molecule has 0 heterocycles. The first kappa shape index (κ1) is 12.7. The maximum atomic E-state index is 11.5. The molecule has 0 fully saturated rings. The van der Waals surface area contributed by atoms with Crippen LogP contribution in [0.4, 0.5) is 0 Å². The SMILES string of the molecule is CCc1ccc(C(=O)OOC(C)CC)cc1. The highest BCUT2D eigenvalue weighted by Gasteiger charge is 2.09. The number of carbonyl (C=O) groups is 1. The van der Waals surface area contributed by atoms with Gasteiger partial charge < -0.3 is 0 Å². The minimum absolute atomic E-state index is 0.0705. The molecule has 3 nitrogen and oxygen atoms in total. The van der Waals surface area contributed by atoms with Gasteiger partial charge in [-0.2, -0.15) is 4.89 Å². The van der Waals surface area contributed by atoms with Crippen LogP contribution in [0.25, 0.3) is 0 Å². The van der Waals surface area contributed by atoms with E-state index in [4.69, 9.17) is 9.78 Å². The number of carbonyl (C=O) groups excluding carboxylic acids is 1. The van der Waals surface area contributed by atoms with Gasteiger partial charge in [0.1, 0.15) is 6.10 Å². The van der Waals surface area contributed by atoms with Gasteiger partial charge in [-0.3, -0.25) is 4.89 Å². The van der Waals surface area contributed by atoms with Crippen molar-refractivity contribution < 1.29 is 14.6 Å². The van der Waals surface area contributed by atoms with Crippen LogP contribution in [0.2, 0.25) is 0 Å². The summed E-state index contributed by atoms with van der Waals surface area (Å²) in [5.74, 6) is -0.442. The van der Waals surface area contributed by atoms with Crippen LogP contribution >= 0.6 is 0 Å². The van der Waals surface area contributed by atoms with Gasteiger partial charge in [0.05, 0.1) is 5.56 Å². The zero-order chi connectivity index (χ0) is 12.0. The summed E-state index contributed by atoms with van der Waals surface area (Å²) in [6.07, 6.45) is 1.69. The van der Waals surface area contributed by atoms with Crippen LogP contribution in [-0.4, -0.2) is 12.1 Å². The quantitative estimate of drug-likeness (QED) is 0.567. The number of aryl methyl sites for hydroxylation is 1. The number of benzene rings is 1. The molecule has 0 saturated carbocycles. The van der Waals surface area contributed by atoms with Crippen molar-refractivity contribution in [3.8, 4) is 0 Å². The summed E-state index contributed by atoms with van der Waals surface area (Å²) >= 11 is 0. The largest absolute Gasteiger partial charge is 0.373 e. The minimum Gasteiger partial charge on any atom is -0.293 e. The van der Waals surface area contributed by atoms with Gasteiger partial charge in [0.15, 0.2) is 0 Å². The summed E-state index contributed by atoms with van der Waals surface area (Å²) < 4.78 is 0. The van der Waals surface area contributed by atoms with Crippen LogP contribution in [0.5, 0.6) is 0 Å². The molecule has 0 radical (unpaired) electrons. The van der Waals surface area contributed by atoms with Crippen molar-refractivity contribution in [3.05, 3.63) is 35.4 Å². The molecule has 0 aliphatic heterocycles. The number of hydrogen-bond acceptors (Lipinski definition) is 3. The molecular formula is C13H18O3. The zero-order valence-electron chi connectivity index (χ0n) is 10.0.